The zero-order valence-electron chi connectivity index (χ0n) is 9.36. The molecule has 1 heterocycles. The molecule has 0 fully saturated rings. The molecule has 1 aromatic rings. The maximum atomic E-state index is 12.6. The molecule has 0 saturated carbocycles. The van der Waals surface area contributed by atoms with E-state index in [0.717, 1.165) is 11.3 Å². The lowest BCUT2D eigenvalue weighted by Crippen LogP contribution is -2.28. The van der Waals surface area contributed by atoms with Crippen LogP contribution in [0.5, 0.6) is 0 Å². The molecule has 0 aliphatic rings. The van der Waals surface area contributed by atoms with E-state index in [2.05, 4.69) is 10.2 Å². The van der Waals surface area contributed by atoms with E-state index in [4.69, 9.17) is 5.73 Å². The summed E-state index contributed by atoms with van der Waals surface area (Å²) in [7, 11) is 3.52. The lowest BCUT2D eigenvalue weighted by molar-refractivity contribution is -0.129. The standard InChI is InChI=1S/C8H13F3N4S2/c1-15(2)6-13-14-7(17-6)16-5(3-4-12)8(9,10)11/h5H,3-4,12H2,1-2H3. The number of hydrogen-bond donors (Lipinski definition) is 1. The third-order valence-corrected chi connectivity index (χ3v) is 4.31. The molecule has 4 nitrogen and oxygen atoms in total. The molecule has 0 spiro atoms. The predicted octanol–water partition coefficient (Wildman–Crippen LogP) is 1.98. The van der Waals surface area contributed by atoms with Gasteiger partial charge in [0, 0.05) is 14.1 Å². The normalized spacial score (nSPS) is 13.8. The monoisotopic (exact) mass is 286 g/mol. The highest BCUT2D eigenvalue weighted by atomic mass is 32.2. The maximum absolute atomic E-state index is 12.6. The summed E-state index contributed by atoms with van der Waals surface area (Å²) < 4.78 is 38.2. The van der Waals surface area contributed by atoms with Crippen molar-refractivity contribution in [2.75, 3.05) is 25.5 Å². The Morgan fingerprint density at radius 1 is 1.41 bits per heavy atom. The average molecular weight is 286 g/mol. The van der Waals surface area contributed by atoms with Gasteiger partial charge >= 0.3 is 6.18 Å². The van der Waals surface area contributed by atoms with E-state index in [9.17, 15) is 13.2 Å². The Hall–Kier alpha value is -0.540. The van der Waals surface area contributed by atoms with E-state index in [1.165, 1.54) is 0 Å². The molecule has 0 bridgehead atoms. The summed E-state index contributed by atoms with van der Waals surface area (Å²) in [4.78, 5) is 1.70. The van der Waals surface area contributed by atoms with Crippen molar-refractivity contribution < 1.29 is 13.2 Å². The van der Waals surface area contributed by atoms with E-state index in [0.29, 0.717) is 21.2 Å². The number of nitrogens with two attached hydrogens (primary N) is 1. The minimum atomic E-state index is -4.27. The molecule has 98 valence electrons. The quantitative estimate of drug-likeness (QED) is 0.839. The zero-order valence-corrected chi connectivity index (χ0v) is 11.0. The first-order chi connectivity index (χ1) is 7.84. The molecule has 1 atom stereocenters. The summed E-state index contributed by atoms with van der Waals surface area (Å²) in [6.45, 7) is -0.00345. The van der Waals surface area contributed by atoms with Gasteiger partial charge < -0.3 is 10.6 Å². The van der Waals surface area contributed by atoms with Crippen LogP contribution in [-0.2, 0) is 0 Å². The number of hydrogen-bond acceptors (Lipinski definition) is 6. The van der Waals surface area contributed by atoms with Crippen molar-refractivity contribution in [3.8, 4) is 0 Å². The molecule has 0 amide bonds. The van der Waals surface area contributed by atoms with Crippen molar-refractivity contribution in [3.63, 3.8) is 0 Å². The van der Waals surface area contributed by atoms with Crippen molar-refractivity contribution in [1.29, 1.82) is 0 Å². The summed E-state index contributed by atoms with van der Waals surface area (Å²) in [5, 5.41) is 6.57. The maximum Gasteiger partial charge on any atom is 0.401 e. The van der Waals surface area contributed by atoms with Gasteiger partial charge in [-0.15, -0.1) is 10.2 Å². The molecule has 9 heteroatoms. The predicted molar refractivity (Wildman–Crippen MR) is 63.6 cm³/mol. The number of aromatic nitrogens is 2. The van der Waals surface area contributed by atoms with Crippen LogP contribution in [0.1, 0.15) is 6.42 Å². The van der Waals surface area contributed by atoms with Gasteiger partial charge in [0.05, 0.1) is 0 Å². The van der Waals surface area contributed by atoms with Crippen LogP contribution in [0.4, 0.5) is 18.3 Å². The fourth-order valence-corrected chi connectivity index (χ4v) is 2.98. The second-order valence-electron chi connectivity index (χ2n) is 3.47. The van der Waals surface area contributed by atoms with Gasteiger partial charge in [-0.25, -0.2) is 0 Å². The molecule has 0 aliphatic carbocycles. The van der Waals surface area contributed by atoms with Crippen LogP contribution < -0.4 is 10.6 Å². The summed E-state index contributed by atoms with van der Waals surface area (Å²) in [6.07, 6.45) is -4.39. The number of nitrogens with zero attached hydrogens (tertiary/aromatic N) is 3. The minimum Gasteiger partial charge on any atom is -0.353 e. The molecule has 0 aromatic carbocycles. The van der Waals surface area contributed by atoms with Crippen molar-refractivity contribution in [3.05, 3.63) is 0 Å². The number of anilines is 1. The third-order valence-electron chi connectivity index (χ3n) is 1.82. The van der Waals surface area contributed by atoms with E-state index in [1.807, 2.05) is 0 Å². The summed E-state index contributed by atoms with van der Waals surface area (Å²) in [5.74, 6) is 0. The zero-order chi connectivity index (χ0) is 13.1. The summed E-state index contributed by atoms with van der Waals surface area (Å²) in [5.41, 5.74) is 5.18. The Labute approximate surface area is 105 Å². The first-order valence-corrected chi connectivity index (χ1v) is 6.48. The molecular formula is C8H13F3N4S2. The van der Waals surface area contributed by atoms with Crippen molar-refractivity contribution in [1.82, 2.24) is 10.2 Å². The van der Waals surface area contributed by atoms with Gasteiger partial charge in [0.15, 0.2) is 4.34 Å². The second kappa shape index (κ2) is 5.87. The minimum absolute atomic E-state index is 0.00345. The second-order valence-corrected chi connectivity index (χ2v) is 5.88. The van der Waals surface area contributed by atoms with Gasteiger partial charge in [-0.05, 0) is 13.0 Å². The van der Waals surface area contributed by atoms with Crippen molar-refractivity contribution >= 4 is 28.2 Å². The number of halogens is 3. The van der Waals surface area contributed by atoms with Crippen LogP contribution in [0.2, 0.25) is 0 Å². The smallest absolute Gasteiger partial charge is 0.353 e. The molecule has 1 aromatic heterocycles. The molecule has 0 aliphatic heterocycles. The van der Waals surface area contributed by atoms with Gasteiger partial charge in [-0.2, -0.15) is 13.2 Å². The Balaban J connectivity index is 2.72. The van der Waals surface area contributed by atoms with Gasteiger partial charge in [-0.1, -0.05) is 23.1 Å². The Morgan fingerprint density at radius 3 is 2.47 bits per heavy atom. The van der Waals surface area contributed by atoms with Crippen LogP contribution >= 0.6 is 23.1 Å². The molecule has 2 N–H and O–H groups in total. The molecule has 0 saturated heterocycles. The summed E-state index contributed by atoms with van der Waals surface area (Å²) in [6, 6.07) is 0. The van der Waals surface area contributed by atoms with Crippen LogP contribution in [-0.4, -0.2) is 42.3 Å². The Kier molecular flexibility index (Phi) is 5.02. The van der Waals surface area contributed by atoms with Gasteiger partial charge in [-0.3, -0.25) is 0 Å². The van der Waals surface area contributed by atoms with Crippen LogP contribution in [0.3, 0.4) is 0 Å². The van der Waals surface area contributed by atoms with Crippen LogP contribution in [0.25, 0.3) is 0 Å². The highest BCUT2D eigenvalue weighted by Crippen LogP contribution is 2.39. The first-order valence-electron chi connectivity index (χ1n) is 4.79. The number of alkyl halides is 3. The highest BCUT2D eigenvalue weighted by Gasteiger charge is 2.40. The third kappa shape index (κ3) is 4.32. The van der Waals surface area contributed by atoms with E-state index in [1.54, 1.807) is 19.0 Å². The van der Waals surface area contributed by atoms with Crippen molar-refractivity contribution in [2.24, 2.45) is 5.73 Å². The average Bonchev–Trinajstić information content (AvgIpc) is 2.64. The fraction of sp³-hybridized carbons (Fsp3) is 0.750. The Bertz CT molecular complexity index is 353. The number of rotatable bonds is 5. The molecule has 1 unspecified atom stereocenters. The first kappa shape index (κ1) is 14.5. The molecular weight excluding hydrogens is 273 g/mol. The molecule has 17 heavy (non-hydrogen) atoms. The van der Waals surface area contributed by atoms with Gasteiger partial charge in [0.25, 0.3) is 0 Å². The SMILES string of the molecule is CN(C)c1nnc(SC(CCN)C(F)(F)F)s1. The topological polar surface area (TPSA) is 55.0 Å². The van der Waals surface area contributed by atoms with Gasteiger partial charge in [0.1, 0.15) is 5.25 Å². The van der Waals surface area contributed by atoms with Gasteiger partial charge in [0.2, 0.25) is 5.13 Å². The highest BCUT2D eigenvalue weighted by molar-refractivity contribution is 8.01. The van der Waals surface area contributed by atoms with E-state index < -0.39 is 11.4 Å². The van der Waals surface area contributed by atoms with E-state index in [-0.39, 0.29) is 13.0 Å². The largest absolute Gasteiger partial charge is 0.401 e. The van der Waals surface area contributed by atoms with Crippen LogP contribution in [0.15, 0.2) is 4.34 Å². The lowest BCUT2D eigenvalue weighted by Gasteiger charge is -2.17. The lowest BCUT2D eigenvalue weighted by atomic mass is 10.3. The van der Waals surface area contributed by atoms with Crippen molar-refractivity contribution in [2.45, 2.75) is 22.2 Å². The van der Waals surface area contributed by atoms with Crippen LogP contribution in [0, 0.1) is 0 Å². The molecule has 1 rings (SSSR count). The fourth-order valence-electron chi connectivity index (χ4n) is 0.993. The number of thioether (sulfide) groups is 1. The van der Waals surface area contributed by atoms with E-state index >= 15 is 0 Å². The Morgan fingerprint density at radius 2 is 2.06 bits per heavy atom. The molecule has 0 radical (unpaired) electrons. The summed E-state index contributed by atoms with van der Waals surface area (Å²) >= 11 is 1.81.